The fourth-order valence-corrected chi connectivity index (χ4v) is 5.67. The smallest absolute Gasteiger partial charge is 0.150 e. The van der Waals surface area contributed by atoms with Crippen LogP contribution < -0.4 is 5.32 Å². The molecule has 0 radical (unpaired) electrons. The quantitative estimate of drug-likeness (QED) is 0.803. The van der Waals surface area contributed by atoms with E-state index in [1.807, 2.05) is 0 Å². The van der Waals surface area contributed by atoms with Gasteiger partial charge in [0.05, 0.1) is 11.5 Å². The molecule has 0 amide bonds. The average Bonchev–Trinajstić information content (AvgIpc) is 2.20. The maximum Gasteiger partial charge on any atom is 0.150 e. The van der Waals surface area contributed by atoms with Crippen molar-refractivity contribution in [3.63, 3.8) is 0 Å². The highest BCUT2D eigenvalue weighted by Crippen LogP contribution is 2.44. The maximum atomic E-state index is 11.9. The number of piperidine rings is 1. The van der Waals surface area contributed by atoms with Crippen LogP contribution in [0.3, 0.4) is 0 Å². The fourth-order valence-electron chi connectivity index (χ4n) is 3.54. The number of sulfone groups is 1. The van der Waals surface area contributed by atoms with Crippen molar-refractivity contribution >= 4 is 9.84 Å². The molecule has 0 aromatic heterocycles. The van der Waals surface area contributed by atoms with Crippen LogP contribution in [-0.2, 0) is 9.84 Å². The van der Waals surface area contributed by atoms with Gasteiger partial charge in [0.15, 0.2) is 9.84 Å². The van der Waals surface area contributed by atoms with Crippen molar-refractivity contribution in [1.82, 2.24) is 5.32 Å². The normalized spacial score (nSPS) is 38.7. The zero-order valence-electron chi connectivity index (χ0n) is 10.2. The molecule has 0 aromatic carbocycles. The van der Waals surface area contributed by atoms with Crippen LogP contribution in [0.1, 0.15) is 39.0 Å². The van der Waals surface area contributed by atoms with E-state index in [0.717, 1.165) is 38.8 Å². The molecule has 2 saturated heterocycles. The minimum absolute atomic E-state index is 0.109. The van der Waals surface area contributed by atoms with E-state index in [0.29, 0.717) is 17.4 Å². The number of hydrogen-bond donors (Lipinski definition) is 1. The van der Waals surface area contributed by atoms with E-state index in [4.69, 9.17) is 0 Å². The van der Waals surface area contributed by atoms with Gasteiger partial charge in [0, 0.05) is 0 Å². The molecule has 2 unspecified atom stereocenters. The molecule has 3 nitrogen and oxygen atoms in total. The van der Waals surface area contributed by atoms with Crippen LogP contribution in [0.5, 0.6) is 0 Å². The summed E-state index contributed by atoms with van der Waals surface area (Å²) in [5, 5.41) is 3.42. The van der Waals surface area contributed by atoms with Gasteiger partial charge in [-0.2, -0.15) is 0 Å². The van der Waals surface area contributed by atoms with Crippen molar-refractivity contribution in [1.29, 1.82) is 0 Å². The predicted molar refractivity (Wildman–Crippen MR) is 66.2 cm³/mol. The van der Waals surface area contributed by atoms with E-state index in [1.54, 1.807) is 0 Å². The first-order chi connectivity index (χ1) is 7.58. The zero-order valence-corrected chi connectivity index (χ0v) is 11.0. The number of nitrogens with one attached hydrogen (secondary N) is 1. The SMILES string of the molecule is CCCC1CNCCC12CCCS(=O)(=O)C2. The second-order valence-electron chi connectivity index (χ2n) is 5.50. The Morgan fingerprint density at radius 2 is 2.19 bits per heavy atom. The molecule has 2 heterocycles. The lowest BCUT2D eigenvalue weighted by Crippen LogP contribution is -2.51. The average molecular weight is 245 g/mol. The summed E-state index contributed by atoms with van der Waals surface area (Å²) >= 11 is 0. The molecule has 0 bridgehead atoms. The zero-order chi connectivity index (χ0) is 11.6. The molecule has 1 N–H and O–H groups in total. The molecule has 2 atom stereocenters. The Labute approximate surface area is 98.9 Å². The van der Waals surface area contributed by atoms with Crippen molar-refractivity contribution in [3.8, 4) is 0 Å². The Morgan fingerprint density at radius 3 is 2.88 bits per heavy atom. The van der Waals surface area contributed by atoms with Crippen molar-refractivity contribution < 1.29 is 8.42 Å². The lowest BCUT2D eigenvalue weighted by molar-refractivity contribution is 0.107. The first kappa shape index (κ1) is 12.4. The molecule has 0 aromatic rings. The Balaban J connectivity index is 2.18. The number of hydrogen-bond acceptors (Lipinski definition) is 3. The predicted octanol–water partition coefficient (Wildman–Crippen LogP) is 1.59. The van der Waals surface area contributed by atoms with E-state index < -0.39 is 9.84 Å². The van der Waals surface area contributed by atoms with Gasteiger partial charge in [0.25, 0.3) is 0 Å². The molecular weight excluding hydrogens is 222 g/mol. The molecule has 94 valence electrons. The fraction of sp³-hybridized carbons (Fsp3) is 1.00. The van der Waals surface area contributed by atoms with E-state index in [2.05, 4.69) is 12.2 Å². The van der Waals surface area contributed by atoms with Crippen LogP contribution in [0.25, 0.3) is 0 Å². The Kier molecular flexibility index (Phi) is 3.59. The van der Waals surface area contributed by atoms with Gasteiger partial charge in [-0.3, -0.25) is 0 Å². The van der Waals surface area contributed by atoms with Crippen LogP contribution in [0.2, 0.25) is 0 Å². The van der Waals surface area contributed by atoms with E-state index in [9.17, 15) is 8.42 Å². The second kappa shape index (κ2) is 4.65. The molecule has 4 heteroatoms. The van der Waals surface area contributed by atoms with Crippen molar-refractivity contribution in [2.45, 2.75) is 39.0 Å². The summed E-state index contributed by atoms with van der Waals surface area (Å²) in [5.74, 6) is 1.44. The molecule has 2 fully saturated rings. The summed E-state index contributed by atoms with van der Waals surface area (Å²) in [4.78, 5) is 0. The molecule has 2 rings (SSSR count). The van der Waals surface area contributed by atoms with Crippen molar-refractivity contribution in [2.75, 3.05) is 24.6 Å². The van der Waals surface area contributed by atoms with Gasteiger partial charge >= 0.3 is 0 Å². The topological polar surface area (TPSA) is 46.2 Å². The lowest BCUT2D eigenvalue weighted by atomic mass is 9.67. The summed E-state index contributed by atoms with van der Waals surface area (Å²) in [5.41, 5.74) is 0.109. The van der Waals surface area contributed by atoms with Crippen LogP contribution in [0, 0.1) is 11.3 Å². The van der Waals surface area contributed by atoms with E-state index in [-0.39, 0.29) is 5.41 Å². The highest BCUT2D eigenvalue weighted by molar-refractivity contribution is 7.91. The Morgan fingerprint density at radius 1 is 1.38 bits per heavy atom. The van der Waals surface area contributed by atoms with Gasteiger partial charge in [-0.1, -0.05) is 13.3 Å². The first-order valence-corrected chi connectivity index (χ1v) is 8.31. The van der Waals surface area contributed by atoms with Gasteiger partial charge < -0.3 is 5.32 Å². The molecule has 16 heavy (non-hydrogen) atoms. The molecule has 0 saturated carbocycles. The van der Waals surface area contributed by atoms with E-state index in [1.165, 1.54) is 6.42 Å². The number of rotatable bonds is 2. The third kappa shape index (κ3) is 2.43. The van der Waals surface area contributed by atoms with Crippen molar-refractivity contribution in [3.05, 3.63) is 0 Å². The Bertz CT molecular complexity index is 333. The molecule has 2 aliphatic rings. The summed E-state index contributed by atoms with van der Waals surface area (Å²) in [7, 11) is -2.77. The van der Waals surface area contributed by atoms with Gasteiger partial charge in [-0.05, 0) is 50.1 Å². The molecule has 2 aliphatic heterocycles. The standard InChI is InChI=1S/C12H23NO2S/c1-2-4-11-9-13-7-6-12(11)5-3-8-16(14,15)10-12/h11,13H,2-10H2,1H3. The summed E-state index contributed by atoms with van der Waals surface area (Å²) in [6.45, 7) is 4.21. The largest absolute Gasteiger partial charge is 0.316 e. The minimum Gasteiger partial charge on any atom is -0.316 e. The van der Waals surface area contributed by atoms with Gasteiger partial charge in [-0.15, -0.1) is 0 Å². The highest BCUT2D eigenvalue weighted by Gasteiger charge is 2.45. The van der Waals surface area contributed by atoms with Crippen LogP contribution >= 0.6 is 0 Å². The Hall–Kier alpha value is -0.0900. The summed E-state index contributed by atoms with van der Waals surface area (Å²) in [6, 6.07) is 0. The third-order valence-corrected chi connectivity index (χ3v) is 6.26. The second-order valence-corrected chi connectivity index (χ2v) is 7.68. The van der Waals surface area contributed by atoms with E-state index >= 15 is 0 Å². The summed E-state index contributed by atoms with van der Waals surface area (Å²) in [6.07, 6.45) is 5.38. The molecule has 1 spiro atoms. The van der Waals surface area contributed by atoms with Crippen molar-refractivity contribution in [2.24, 2.45) is 11.3 Å². The third-order valence-electron chi connectivity index (χ3n) is 4.33. The molecular formula is C12H23NO2S. The lowest BCUT2D eigenvalue weighted by Gasteiger charge is -2.46. The van der Waals surface area contributed by atoms with Gasteiger partial charge in [0.1, 0.15) is 0 Å². The van der Waals surface area contributed by atoms with Gasteiger partial charge in [-0.25, -0.2) is 8.42 Å². The highest BCUT2D eigenvalue weighted by atomic mass is 32.2. The minimum atomic E-state index is -2.77. The first-order valence-electron chi connectivity index (χ1n) is 6.49. The maximum absolute atomic E-state index is 11.9. The van der Waals surface area contributed by atoms with Crippen LogP contribution in [0.15, 0.2) is 0 Å². The monoisotopic (exact) mass is 245 g/mol. The molecule has 0 aliphatic carbocycles. The van der Waals surface area contributed by atoms with Crippen LogP contribution in [0.4, 0.5) is 0 Å². The van der Waals surface area contributed by atoms with Crippen LogP contribution in [-0.4, -0.2) is 33.0 Å². The summed E-state index contributed by atoms with van der Waals surface area (Å²) < 4.78 is 23.7. The van der Waals surface area contributed by atoms with Gasteiger partial charge in [0.2, 0.25) is 0 Å².